The smallest absolute Gasteiger partial charge is 0.387 e. The fourth-order valence-corrected chi connectivity index (χ4v) is 0.958. The zero-order valence-electron chi connectivity index (χ0n) is 6.10. The Morgan fingerprint density at radius 2 is 1.69 bits per heavy atom. The first kappa shape index (κ1) is 10.2. The molecule has 0 saturated heterocycles. The summed E-state index contributed by atoms with van der Waals surface area (Å²) in [5.41, 5.74) is 0. The molecule has 0 aliphatic rings. The summed E-state index contributed by atoms with van der Waals surface area (Å²) in [7, 11) is 0. The van der Waals surface area contributed by atoms with Gasteiger partial charge in [-0.25, -0.2) is 8.78 Å². The molecule has 13 heavy (non-hydrogen) atoms. The molecule has 0 atom stereocenters. The van der Waals surface area contributed by atoms with Crippen molar-refractivity contribution in [1.82, 2.24) is 0 Å². The molecule has 1 aromatic rings. The van der Waals surface area contributed by atoms with Gasteiger partial charge in [0, 0.05) is 0 Å². The molecule has 0 fully saturated rings. The highest BCUT2D eigenvalue weighted by Crippen LogP contribution is 2.29. The van der Waals surface area contributed by atoms with Gasteiger partial charge in [-0.1, -0.05) is 0 Å². The second-order valence-corrected chi connectivity index (χ2v) is 2.53. The van der Waals surface area contributed by atoms with Crippen LogP contribution < -0.4 is 4.74 Å². The summed E-state index contributed by atoms with van der Waals surface area (Å²) in [6.07, 6.45) is 0. The number of thiol groups is 1. The number of alkyl halides is 2. The summed E-state index contributed by atoms with van der Waals surface area (Å²) in [5.74, 6) is -2.87. The van der Waals surface area contributed by atoms with Gasteiger partial charge in [-0.3, -0.25) is 0 Å². The average Bonchev–Trinajstić information content (AvgIpc) is 2.05. The lowest BCUT2D eigenvalue weighted by Gasteiger charge is -2.08. The SMILES string of the molecule is Fc1ccc(F)c(OC(F)F)c1S. The van der Waals surface area contributed by atoms with E-state index in [2.05, 4.69) is 17.4 Å². The molecule has 0 spiro atoms. The number of halogens is 4. The van der Waals surface area contributed by atoms with Crippen LogP contribution in [0.15, 0.2) is 17.0 Å². The average molecular weight is 212 g/mol. The van der Waals surface area contributed by atoms with Crippen LogP contribution in [0.3, 0.4) is 0 Å². The normalized spacial score (nSPS) is 10.6. The molecule has 1 nitrogen and oxygen atoms in total. The van der Waals surface area contributed by atoms with E-state index in [0.29, 0.717) is 6.07 Å². The third-order valence-electron chi connectivity index (χ3n) is 1.24. The first-order chi connectivity index (χ1) is 6.02. The van der Waals surface area contributed by atoms with Crippen molar-refractivity contribution >= 4 is 12.6 Å². The maximum atomic E-state index is 12.7. The summed E-state index contributed by atoms with van der Waals surface area (Å²) in [5, 5.41) is 0. The van der Waals surface area contributed by atoms with Crippen LogP contribution in [0, 0.1) is 11.6 Å². The molecule has 0 saturated carbocycles. The molecule has 0 aliphatic carbocycles. The van der Waals surface area contributed by atoms with Crippen molar-refractivity contribution in [2.75, 3.05) is 0 Å². The fourth-order valence-electron chi connectivity index (χ4n) is 0.724. The van der Waals surface area contributed by atoms with Gasteiger partial charge in [0.25, 0.3) is 0 Å². The van der Waals surface area contributed by atoms with Crippen molar-refractivity contribution in [3.63, 3.8) is 0 Å². The van der Waals surface area contributed by atoms with Gasteiger partial charge >= 0.3 is 6.61 Å². The lowest BCUT2D eigenvalue weighted by molar-refractivity contribution is -0.0544. The summed E-state index contributed by atoms with van der Waals surface area (Å²) in [6, 6.07) is 1.46. The van der Waals surface area contributed by atoms with Crippen LogP contribution >= 0.6 is 12.6 Å². The number of rotatable bonds is 2. The van der Waals surface area contributed by atoms with Crippen molar-refractivity contribution < 1.29 is 22.3 Å². The molecule has 0 N–H and O–H groups in total. The minimum atomic E-state index is -3.21. The largest absolute Gasteiger partial charge is 0.430 e. The Balaban J connectivity index is 3.10. The summed E-state index contributed by atoms with van der Waals surface area (Å²) >= 11 is 3.48. The second kappa shape index (κ2) is 3.87. The van der Waals surface area contributed by atoms with Crippen molar-refractivity contribution in [3.8, 4) is 5.75 Å². The highest BCUT2D eigenvalue weighted by atomic mass is 32.1. The van der Waals surface area contributed by atoms with E-state index in [4.69, 9.17) is 0 Å². The Kier molecular flexibility index (Phi) is 3.02. The molecule has 0 unspecified atom stereocenters. The van der Waals surface area contributed by atoms with Crippen molar-refractivity contribution in [2.24, 2.45) is 0 Å². The summed E-state index contributed by atoms with van der Waals surface area (Å²) < 4.78 is 52.4. The summed E-state index contributed by atoms with van der Waals surface area (Å²) in [6.45, 7) is -3.21. The van der Waals surface area contributed by atoms with Gasteiger partial charge in [-0.15, -0.1) is 12.6 Å². The molecule has 1 rings (SSSR count). The first-order valence-electron chi connectivity index (χ1n) is 3.14. The fraction of sp³-hybridized carbons (Fsp3) is 0.143. The first-order valence-corrected chi connectivity index (χ1v) is 3.59. The van der Waals surface area contributed by atoms with Gasteiger partial charge in [0.2, 0.25) is 0 Å². The minimum absolute atomic E-state index is 0.569. The Bertz CT molecular complexity index is 316. The van der Waals surface area contributed by atoms with Crippen molar-refractivity contribution in [2.45, 2.75) is 11.5 Å². The van der Waals surface area contributed by atoms with Crippen LogP contribution in [-0.2, 0) is 0 Å². The minimum Gasteiger partial charge on any atom is -0.430 e. The maximum Gasteiger partial charge on any atom is 0.387 e. The van der Waals surface area contributed by atoms with E-state index in [1.165, 1.54) is 0 Å². The van der Waals surface area contributed by atoms with Crippen LogP contribution in [0.2, 0.25) is 0 Å². The molecule has 0 aliphatic heterocycles. The Morgan fingerprint density at radius 1 is 1.15 bits per heavy atom. The monoisotopic (exact) mass is 212 g/mol. The molecule has 0 amide bonds. The topological polar surface area (TPSA) is 9.23 Å². The standard InChI is InChI=1S/C7H4F4OS/c8-3-1-2-4(9)6(13)5(3)12-7(10)11/h1-2,7,13H. The number of benzene rings is 1. The lowest BCUT2D eigenvalue weighted by atomic mass is 10.3. The van der Waals surface area contributed by atoms with E-state index in [1.807, 2.05) is 0 Å². The van der Waals surface area contributed by atoms with E-state index in [9.17, 15) is 17.6 Å². The number of hydrogen-bond acceptors (Lipinski definition) is 2. The molecule has 0 bridgehead atoms. The van der Waals surface area contributed by atoms with Crippen LogP contribution in [0.25, 0.3) is 0 Å². The second-order valence-electron chi connectivity index (χ2n) is 2.09. The Morgan fingerprint density at radius 3 is 2.23 bits per heavy atom. The van der Waals surface area contributed by atoms with E-state index < -0.39 is 28.9 Å². The van der Waals surface area contributed by atoms with Gasteiger partial charge in [0.05, 0.1) is 4.90 Å². The van der Waals surface area contributed by atoms with E-state index in [-0.39, 0.29) is 0 Å². The molecular weight excluding hydrogens is 208 g/mol. The molecule has 0 heterocycles. The highest BCUT2D eigenvalue weighted by molar-refractivity contribution is 7.80. The van der Waals surface area contributed by atoms with Crippen molar-refractivity contribution in [3.05, 3.63) is 23.8 Å². The predicted octanol–water partition coefficient (Wildman–Crippen LogP) is 2.85. The van der Waals surface area contributed by atoms with Crippen LogP contribution in [-0.4, -0.2) is 6.61 Å². The molecule has 1 aromatic carbocycles. The molecule has 0 radical (unpaired) electrons. The quantitative estimate of drug-likeness (QED) is 0.585. The maximum absolute atomic E-state index is 12.7. The summed E-state index contributed by atoms with van der Waals surface area (Å²) in [4.78, 5) is -0.569. The highest BCUT2D eigenvalue weighted by Gasteiger charge is 2.15. The van der Waals surface area contributed by atoms with E-state index in [0.717, 1.165) is 6.07 Å². The van der Waals surface area contributed by atoms with Gasteiger partial charge in [0.15, 0.2) is 11.6 Å². The zero-order valence-corrected chi connectivity index (χ0v) is 6.99. The third kappa shape index (κ3) is 2.27. The molecular formula is C7H4F4OS. The lowest BCUT2D eigenvalue weighted by Crippen LogP contribution is -2.05. The molecule has 6 heteroatoms. The molecule has 0 aromatic heterocycles. The van der Waals surface area contributed by atoms with Crippen LogP contribution in [0.5, 0.6) is 5.75 Å². The van der Waals surface area contributed by atoms with Crippen molar-refractivity contribution in [1.29, 1.82) is 0 Å². The molecule has 72 valence electrons. The van der Waals surface area contributed by atoms with Gasteiger partial charge in [-0.2, -0.15) is 8.78 Å². The van der Waals surface area contributed by atoms with E-state index in [1.54, 1.807) is 0 Å². The Hall–Kier alpha value is -0.910. The zero-order chi connectivity index (χ0) is 10.0. The van der Waals surface area contributed by atoms with Gasteiger partial charge < -0.3 is 4.74 Å². The third-order valence-corrected chi connectivity index (χ3v) is 1.66. The predicted molar refractivity (Wildman–Crippen MR) is 40.2 cm³/mol. The van der Waals surface area contributed by atoms with Crippen LogP contribution in [0.1, 0.15) is 0 Å². The van der Waals surface area contributed by atoms with Crippen LogP contribution in [0.4, 0.5) is 17.6 Å². The number of hydrogen-bond donors (Lipinski definition) is 1. The van der Waals surface area contributed by atoms with Gasteiger partial charge in [-0.05, 0) is 12.1 Å². The van der Waals surface area contributed by atoms with E-state index >= 15 is 0 Å². The Labute approximate surface area is 76.7 Å². The number of ether oxygens (including phenoxy) is 1. The van der Waals surface area contributed by atoms with Gasteiger partial charge in [0.1, 0.15) is 5.82 Å².